The molecule has 82 valence electrons. The van der Waals surface area contributed by atoms with Crippen molar-refractivity contribution in [3.63, 3.8) is 0 Å². The van der Waals surface area contributed by atoms with Crippen LogP contribution in [0.1, 0.15) is 52.4 Å². The van der Waals surface area contributed by atoms with Crippen molar-refractivity contribution in [2.24, 2.45) is 0 Å². The van der Waals surface area contributed by atoms with Crippen LogP contribution in [0.4, 0.5) is 0 Å². The van der Waals surface area contributed by atoms with E-state index in [0.29, 0.717) is 13.0 Å². The number of carbonyl (C=O) groups excluding carboxylic acids is 1. The first kappa shape index (κ1) is 13.7. The van der Waals surface area contributed by atoms with Gasteiger partial charge in [-0.25, -0.2) is 4.79 Å². The van der Waals surface area contributed by atoms with Crippen LogP contribution in [-0.2, 0) is 13.9 Å². The quantitative estimate of drug-likeness (QED) is 0.439. The van der Waals surface area contributed by atoms with E-state index in [0.717, 1.165) is 19.3 Å². The molecule has 0 saturated carbocycles. The minimum absolute atomic E-state index is 0.238. The molecule has 0 aliphatic carbocycles. The summed E-state index contributed by atoms with van der Waals surface area (Å²) in [6, 6.07) is 0. The summed E-state index contributed by atoms with van der Waals surface area (Å²) in [5.41, 5.74) is -0.238. The first-order valence-corrected chi connectivity index (χ1v) is 6.53. The summed E-state index contributed by atoms with van der Waals surface area (Å²) in [6.07, 6.45) is 5.86. The molecule has 0 bridgehead atoms. The van der Waals surface area contributed by atoms with Crippen LogP contribution in [0.3, 0.4) is 0 Å². The highest BCUT2D eigenvalue weighted by Crippen LogP contribution is 2.25. The van der Waals surface area contributed by atoms with Gasteiger partial charge in [-0.1, -0.05) is 32.6 Å². The fraction of sp³-hybridized carbons (Fsp3) is 0.900. The normalized spacial score (nSPS) is 11.4. The summed E-state index contributed by atoms with van der Waals surface area (Å²) in [5.74, 6) is 0. The Morgan fingerprint density at radius 2 is 1.79 bits per heavy atom. The molecule has 14 heavy (non-hydrogen) atoms. The van der Waals surface area contributed by atoms with Crippen LogP contribution in [0.2, 0.25) is 0 Å². The molecule has 0 radical (unpaired) electrons. The fourth-order valence-corrected chi connectivity index (χ4v) is 1.88. The molecule has 0 saturated heterocycles. The van der Waals surface area contributed by atoms with Crippen LogP contribution >= 0.6 is 8.03 Å². The van der Waals surface area contributed by atoms with Crippen molar-refractivity contribution in [3.8, 4) is 0 Å². The smallest absolute Gasteiger partial charge is 0.237 e. The maximum Gasteiger partial charge on any atom is 0.587 e. The molecule has 0 fully saturated rings. The molecular weight excluding hydrogens is 199 g/mol. The molecule has 0 N–H and O–H groups in total. The zero-order valence-electron chi connectivity index (χ0n) is 9.12. The van der Waals surface area contributed by atoms with Gasteiger partial charge in [0, 0.05) is 0 Å². The molecule has 0 aliphatic rings. The summed E-state index contributed by atoms with van der Waals surface area (Å²) in [7, 11) is -2.06. The number of hydrogen-bond acceptors (Lipinski definition) is 3. The zero-order valence-corrected chi connectivity index (χ0v) is 10.0. The van der Waals surface area contributed by atoms with E-state index in [2.05, 4.69) is 6.92 Å². The van der Waals surface area contributed by atoms with Gasteiger partial charge in [-0.2, -0.15) is 0 Å². The van der Waals surface area contributed by atoms with Crippen LogP contribution in [0.25, 0.3) is 0 Å². The predicted octanol–water partition coefficient (Wildman–Crippen LogP) is 3.65. The number of rotatable bonds is 9. The maximum absolute atomic E-state index is 11.2. The maximum atomic E-state index is 11.2. The van der Waals surface area contributed by atoms with Crippen LogP contribution < -0.4 is 0 Å². The molecule has 0 amide bonds. The SMILES string of the molecule is CCCCCCCC(=O)[P+](=O)OCC. The molecule has 0 heterocycles. The number of carbonyl (C=O) groups is 1. The van der Waals surface area contributed by atoms with E-state index in [1.165, 1.54) is 12.8 Å². The van der Waals surface area contributed by atoms with Gasteiger partial charge in [0.15, 0.2) is 0 Å². The Labute approximate surface area is 87.1 Å². The highest BCUT2D eigenvalue weighted by atomic mass is 31.1. The van der Waals surface area contributed by atoms with Gasteiger partial charge in [0.1, 0.15) is 6.61 Å². The van der Waals surface area contributed by atoms with E-state index < -0.39 is 8.03 Å². The summed E-state index contributed by atoms with van der Waals surface area (Å²) in [4.78, 5) is 11.2. The minimum Gasteiger partial charge on any atom is -0.237 e. The largest absolute Gasteiger partial charge is 0.587 e. The average Bonchev–Trinajstić information content (AvgIpc) is 2.17. The Kier molecular flexibility index (Phi) is 9.11. The predicted molar refractivity (Wildman–Crippen MR) is 57.6 cm³/mol. The van der Waals surface area contributed by atoms with E-state index in [4.69, 9.17) is 4.52 Å². The molecule has 0 spiro atoms. The van der Waals surface area contributed by atoms with Crippen molar-refractivity contribution < 1.29 is 13.9 Å². The van der Waals surface area contributed by atoms with Crippen LogP contribution in [-0.4, -0.2) is 12.1 Å². The lowest BCUT2D eigenvalue weighted by Crippen LogP contribution is -1.94. The van der Waals surface area contributed by atoms with Gasteiger partial charge in [-0.15, -0.1) is 4.52 Å². The van der Waals surface area contributed by atoms with Crippen molar-refractivity contribution in [3.05, 3.63) is 0 Å². The van der Waals surface area contributed by atoms with Gasteiger partial charge in [0.2, 0.25) is 0 Å². The van der Waals surface area contributed by atoms with Crippen LogP contribution in [0, 0.1) is 0 Å². The minimum atomic E-state index is -2.06. The third kappa shape index (κ3) is 7.16. The van der Waals surface area contributed by atoms with Crippen LogP contribution in [0.15, 0.2) is 0 Å². The van der Waals surface area contributed by atoms with Gasteiger partial charge < -0.3 is 0 Å². The molecule has 1 atom stereocenters. The molecule has 0 aromatic carbocycles. The van der Waals surface area contributed by atoms with E-state index in [-0.39, 0.29) is 5.52 Å². The Hall–Kier alpha value is -0.270. The summed E-state index contributed by atoms with van der Waals surface area (Å²) >= 11 is 0. The standard InChI is InChI=1S/C10H20O3P/c1-3-5-6-7-8-9-10(11)14(12)13-4-2/h3-9H2,1-2H3/q+1. The highest BCUT2D eigenvalue weighted by molar-refractivity contribution is 7.59. The molecule has 0 aromatic heterocycles. The fourth-order valence-electron chi connectivity index (χ4n) is 1.16. The first-order valence-electron chi connectivity index (χ1n) is 5.35. The molecule has 1 unspecified atom stereocenters. The first-order chi connectivity index (χ1) is 6.72. The monoisotopic (exact) mass is 219 g/mol. The Morgan fingerprint density at radius 1 is 1.14 bits per heavy atom. The second-order valence-corrected chi connectivity index (χ2v) is 4.50. The Balaban J connectivity index is 3.39. The molecule has 0 aliphatic heterocycles. The van der Waals surface area contributed by atoms with E-state index in [1.807, 2.05) is 0 Å². The van der Waals surface area contributed by atoms with Gasteiger partial charge >= 0.3 is 13.6 Å². The summed E-state index contributed by atoms with van der Waals surface area (Å²) in [6.45, 7) is 4.23. The Bertz CT molecular complexity index is 180. The van der Waals surface area contributed by atoms with Gasteiger partial charge in [0.05, 0.1) is 6.42 Å². The van der Waals surface area contributed by atoms with Crippen molar-refractivity contribution in [2.45, 2.75) is 52.4 Å². The second-order valence-electron chi connectivity index (χ2n) is 3.23. The third-order valence-electron chi connectivity index (χ3n) is 1.94. The summed E-state index contributed by atoms with van der Waals surface area (Å²) < 4.78 is 15.8. The Morgan fingerprint density at radius 3 is 2.36 bits per heavy atom. The van der Waals surface area contributed by atoms with Crippen molar-refractivity contribution in [1.29, 1.82) is 0 Å². The zero-order chi connectivity index (χ0) is 10.8. The molecule has 0 aromatic rings. The lowest BCUT2D eigenvalue weighted by Gasteiger charge is -1.94. The van der Waals surface area contributed by atoms with E-state index in [9.17, 15) is 9.36 Å². The molecule has 4 heteroatoms. The number of hydrogen-bond donors (Lipinski definition) is 0. The lowest BCUT2D eigenvalue weighted by molar-refractivity contribution is -0.112. The molecular formula is C10H20O3P+. The van der Waals surface area contributed by atoms with Gasteiger partial charge in [0.25, 0.3) is 0 Å². The lowest BCUT2D eigenvalue weighted by atomic mass is 10.1. The highest BCUT2D eigenvalue weighted by Gasteiger charge is 2.28. The third-order valence-corrected chi connectivity index (χ3v) is 3.07. The van der Waals surface area contributed by atoms with Gasteiger partial charge in [-0.05, 0) is 17.9 Å². The average molecular weight is 219 g/mol. The molecule has 0 rings (SSSR count). The van der Waals surface area contributed by atoms with Crippen molar-refractivity contribution in [2.75, 3.05) is 6.61 Å². The van der Waals surface area contributed by atoms with Crippen molar-refractivity contribution in [1.82, 2.24) is 0 Å². The van der Waals surface area contributed by atoms with E-state index in [1.54, 1.807) is 6.92 Å². The summed E-state index contributed by atoms with van der Waals surface area (Å²) in [5, 5.41) is 0. The van der Waals surface area contributed by atoms with Crippen molar-refractivity contribution >= 4 is 13.6 Å². The molecule has 3 nitrogen and oxygen atoms in total. The van der Waals surface area contributed by atoms with Crippen LogP contribution in [0.5, 0.6) is 0 Å². The number of unbranched alkanes of at least 4 members (excludes halogenated alkanes) is 4. The topological polar surface area (TPSA) is 43.4 Å². The van der Waals surface area contributed by atoms with E-state index >= 15 is 0 Å². The second kappa shape index (κ2) is 9.29. The van der Waals surface area contributed by atoms with Gasteiger partial charge in [-0.3, -0.25) is 0 Å².